The van der Waals surface area contributed by atoms with E-state index in [1.807, 2.05) is 48.9 Å². The molecule has 1 fully saturated rings. The maximum absolute atomic E-state index is 12.8. The maximum atomic E-state index is 12.8. The molecule has 30 heavy (non-hydrogen) atoms. The van der Waals surface area contributed by atoms with Gasteiger partial charge in [-0.3, -0.25) is 9.10 Å². The number of carbonyl (C=O) groups excluding carboxylic acids is 1. The van der Waals surface area contributed by atoms with E-state index in [1.54, 1.807) is 30.5 Å². The minimum atomic E-state index is -3.29. The topological polar surface area (TPSA) is 84.3 Å². The Labute approximate surface area is 176 Å². The zero-order chi connectivity index (χ0) is 21.3. The van der Waals surface area contributed by atoms with Crippen LogP contribution in [0.15, 0.2) is 60.8 Å². The van der Waals surface area contributed by atoms with E-state index in [4.69, 9.17) is 0 Å². The summed E-state index contributed by atoms with van der Waals surface area (Å²) in [6.07, 6.45) is 2.36. The lowest BCUT2D eigenvalue weighted by atomic mass is 10.1. The molecule has 0 aliphatic carbocycles. The highest BCUT2D eigenvalue weighted by Gasteiger charge is 2.28. The number of rotatable bonds is 5. The molecule has 0 radical (unpaired) electrons. The third-order valence-corrected chi connectivity index (χ3v) is 7.23. The molecule has 2 heterocycles. The van der Waals surface area contributed by atoms with E-state index in [0.29, 0.717) is 24.2 Å². The van der Waals surface area contributed by atoms with E-state index in [2.05, 4.69) is 10.4 Å². The van der Waals surface area contributed by atoms with Gasteiger partial charge in [0.05, 0.1) is 29.4 Å². The molecule has 7 nitrogen and oxygen atoms in total. The van der Waals surface area contributed by atoms with Crippen molar-refractivity contribution in [2.45, 2.75) is 26.3 Å². The molecule has 156 valence electrons. The Bertz CT molecular complexity index is 1170. The van der Waals surface area contributed by atoms with Crippen molar-refractivity contribution in [2.75, 3.05) is 16.6 Å². The molecule has 1 atom stereocenters. The summed E-state index contributed by atoms with van der Waals surface area (Å²) in [4.78, 5) is 12.8. The number of anilines is 1. The quantitative estimate of drug-likeness (QED) is 0.682. The zero-order valence-electron chi connectivity index (χ0n) is 16.9. The number of hydrogen-bond acceptors (Lipinski definition) is 4. The summed E-state index contributed by atoms with van der Waals surface area (Å²) in [6, 6.07) is 16.3. The molecule has 1 aliphatic rings. The molecule has 0 saturated carbocycles. The van der Waals surface area contributed by atoms with Gasteiger partial charge in [-0.05, 0) is 50.6 Å². The maximum Gasteiger partial charge on any atom is 0.251 e. The number of amides is 1. The van der Waals surface area contributed by atoms with E-state index >= 15 is 0 Å². The van der Waals surface area contributed by atoms with E-state index < -0.39 is 10.0 Å². The van der Waals surface area contributed by atoms with Gasteiger partial charge in [0.1, 0.15) is 0 Å². The third-order valence-electron chi connectivity index (χ3n) is 5.36. The minimum Gasteiger partial charge on any atom is -0.345 e. The van der Waals surface area contributed by atoms with Crippen molar-refractivity contribution < 1.29 is 13.2 Å². The number of carbonyl (C=O) groups is 1. The second-order valence-electron chi connectivity index (χ2n) is 7.42. The highest BCUT2D eigenvalue weighted by molar-refractivity contribution is 7.93. The molecule has 4 rings (SSSR count). The number of para-hydroxylation sites is 1. The Morgan fingerprint density at radius 2 is 1.83 bits per heavy atom. The highest BCUT2D eigenvalue weighted by atomic mass is 32.2. The summed E-state index contributed by atoms with van der Waals surface area (Å²) < 4.78 is 27.6. The van der Waals surface area contributed by atoms with Gasteiger partial charge in [-0.25, -0.2) is 13.1 Å². The summed E-state index contributed by atoms with van der Waals surface area (Å²) >= 11 is 0. The lowest BCUT2D eigenvalue weighted by molar-refractivity contribution is 0.0940. The van der Waals surface area contributed by atoms with Crippen molar-refractivity contribution in [3.05, 3.63) is 77.6 Å². The Kier molecular flexibility index (Phi) is 5.34. The molecule has 8 heteroatoms. The molecule has 2 aromatic carbocycles. The number of nitrogens with zero attached hydrogens (tertiary/aromatic N) is 3. The lowest BCUT2D eigenvalue weighted by Crippen LogP contribution is -2.28. The van der Waals surface area contributed by atoms with Crippen LogP contribution in [0.5, 0.6) is 0 Å². The van der Waals surface area contributed by atoms with Crippen LogP contribution in [0.4, 0.5) is 5.69 Å². The Morgan fingerprint density at radius 3 is 2.53 bits per heavy atom. The Hall–Kier alpha value is -3.13. The monoisotopic (exact) mass is 424 g/mol. The van der Waals surface area contributed by atoms with Crippen LogP contribution in [0.3, 0.4) is 0 Å². The number of aromatic nitrogens is 2. The minimum absolute atomic E-state index is 0.144. The number of sulfonamides is 1. The Balaban J connectivity index is 1.52. The lowest BCUT2D eigenvalue weighted by Gasteiger charge is -2.18. The predicted octanol–water partition coefficient (Wildman–Crippen LogP) is 3.21. The largest absolute Gasteiger partial charge is 0.345 e. The second-order valence-corrected chi connectivity index (χ2v) is 9.43. The Morgan fingerprint density at radius 1 is 1.10 bits per heavy atom. The van der Waals surface area contributed by atoms with Gasteiger partial charge in [-0.2, -0.15) is 5.10 Å². The van der Waals surface area contributed by atoms with Crippen molar-refractivity contribution in [2.24, 2.45) is 0 Å². The van der Waals surface area contributed by atoms with Crippen LogP contribution in [0.1, 0.15) is 41.0 Å². The van der Waals surface area contributed by atoms with Crippen LogP contribution in [0, 0.1) is 6.92 Å². The van der Waals surface area contributed by atoms with Crippen LogP contribution < -0.4 is 9.62 Å². The van der Waals surface area contributed by atoms with Gasteiger partial charge in [-0.1, -0.05) is 24.3 Å². The fraction of sp³-hybridized carbons (Fsp3) is 0.273. The van der Waals surface area contributed by atoms with Crippen LogP contribution in [0.2, 0.25) is 0 Å². The number of hydrogen-bond donors (Lipinski definition) is 1. The summed E-state index contributed by atoms with van der Waals surface area (Å²) in [7, 11) is -3.29. The number of benzene rings is 2. The van der Waals surface area contributed by atoms with Gasteiger partial charge in [-0.15, -0.1) is 0 Å². The van der Waals surface area contributed by atoms with Crippen molar-refractivity contribution in [3.63, 3.8) is 0 Å². The molecular weight excluding hydrogens is 400 g/mol. The van der Waals surface area contributed by atoms with E-state index in [0.717, 1.165) is 16.9 Å². The normalized spacial score (nSPS) is 16.4. The molecule has 1 aliphatic heterocycles. The van der Waals surface area contributed by atoms with Gasteiger partial charge in [0.15, 0.2) is 0 Å². The fourth-order valence-electron chi connectivity index (χ4n) is 3.77. The highest BCUT2D eigenvalue weighted by Crippen LogP contribution is 2.25. The van der Waals surface area contributed by atoms with Crippen LogP contribution in [-0.4, -0.2) is 36.4 Å². The summed E-state index contributed by atoms with van der Waals surface area (Å²) in [5, 5.41) is 7.46. The van der Waals surface area contributed by atoms with Crippen molar-refractivity contribution in [1.29, 1.82) is 0 Å². The predicted molar refractivity (Wildman–Crippen MR) is 116 cm³/mol. The van der Waals surface area contributed by atoms with E-state index in [1.165, 1.54) is 4.31 Å². The van der Waals surface area contributed by atoms with Gasteiger partial charge < -0.3 is 5.32 Å². The molecule has 0 spiro atoms. The first kappa shape index (κ1) is 20.2. The molecule has 1 aromatic heterocycles. The molecule has 1 amide bonds. The second kappa shape index (κ2) is 7.95. The molecule has 1 unspecified atom stereocenters. The third kappa shape index (κ3) is 3.82. The smallest absolute Gasteiger partial charge is 0.251 e. The fourth-order valence-corrected chi connectivity index (χ4v) is 5.32. The zero-order valence-corrected chi connectivity index (χ0v) is 17.8. The summed E-state index contributed by atoms with van der Waals surface area (Å²) in [5.74, 6) is -0.113. The van der Waals surface area contributed by atoms with Crippen LogP contribution >= 0.6 is 0 Å². The van der Waals surface area contributed by atoms with Crippen molar-refractivity contribution in [1.82, 2.24) is 15.1 Å². The van der Waals surface area contributed by atoms with Crippen molar-refractivity contribution >= 4 is 21.6 Å². The van der Waals surface area contributed by atoms with Crippen LogP contribution in [0.25, 0.3) is 5.69 Å². The average Bonchev–Trinajstić information content (AvgIpc) is 3.30. The van der Waals surface area contributed by atoms with Crippen molar-refractivity contribution in [3.8, 4) is 5.69 Å². The standard InChI is InChI=1S/C22H24N4O3S/c1-16(21-15-23-26(17(21)2)19-9-4-3-5-10-19)24-22(27)18-8-6-11-20(14-18)25-12-7-13-30(25,28)29/h3-6,8-11,14-16H,7,12-13H2,1-2H3,(H,24,27). The first-order valence-corrected chi connectivity index (χ1v) is 11.5. The molecule has 1 saturated heterocycles. The van der Waals surface area contributed by atoms with E-state index in [9.17, 15) is 13.2 Å². The van der Waals surface area contributed by atoms with Gasteiger partial charge in [0, 0.05) is 23.4 Å². The first-order valence-electron chi connectivity index (χ1n) is 9.88. The molecular formula is C22H24N4O3S. The summed E-state index contributed by atoms with van der Waals surface area (Å²) in [6.45, 7) is 4.32. The van der Waals surface area contributed by atoms with Gasteiger partial charge in [0.2, 0.25) is 10.0 Å². The molecule has 0 bridgehead atoms. The summed E-state index contributed by atoms with van der Waals surface area (Å²) in [5.41, 5.74) is 3.78. The first-order chi connectivity index (χ1) is 14.4. The van der Waals surface area contributed by atoms with Gasteiger partial charge in [0.25, 0.3) is 5.91 Å². The molecule has 3 aromatic rings. The van der Waals surface area contributed by atoms with Crippen LogP contribution in [-0.2, 0) is 10.0 Å². The average molecular weight is 425 g/mol. The molecule has 1 N–H and O–H groups in total. The van der Waals surface area contributed by atoms with E-state index in [-0.39, 0.29) is 17.7 Å². The van der Waals surface area contributed by atoms with Gasteiger partial charge >= 0.3 is 0 Å². The number of nitrogens with one attached hydrogen (secondary N) is 1. The SMILES string of the molecule is Cc1c(C(C)NC(=O)c2cccc(N3CCCS3(=O)=O)c2)cnn1-c1ccccc1.